The number of amides is 1. The molecule has 130 valence electrons. The van der Waals surface area contributed by atoms with Gasteiger partial charge >= 0.3 is 0 Å². The molecular weight excluding hydrogens is 392 g/mol. The van der Waals surface area contributed by atoms with Crippen molar-refractivity contribution < 1.29 is 14.2 Å². The van der Waals surface area contributed by atoms with Crippen LogP contribution in [0, 0.1) is 0 Å². The zero-order valence-electron chi connectivity index (χ0n) is 14.2. The van der Waals surface area contributed by atoms with E-state index in [4.69, 9.17) is 0 Å². The standard InChI is InChI=1S/C21H17BrN2O2/c1-15(20(25)16-9-11-18(22)12-10-16)24-13-5-8-19(14-24)23-21(26)17-6-3-2-4-7-17/h2-15H,1H3/p+1/t15-/m1/s1. The number of pyridine rings is 1. The first kappa shape index (κ1) is 18.0. The highest BCUT2D eigenvalue weighted by molar-refractivity contribution is 9.10. The molecule has 1 atom stereocenters. The third kappa shape index (κ3) is 4.24. The van der Waals surface area contributed by atoms with Crippen LogP contribution in [0.5, 0.6) is 0 Å². The van der Waals surface area contributed by atoms with Gasteiger partial charge < -0.3 is 5.32 Å². The summed E-state index contributed by atoms with van der Waals surface area (Å²) in [5.74, 6) is -0.177. The topological polar surface area (TPSA) is 50.0 Å². The van der Waals surface area contributed by atoms with Crippen LogP contribution in [0.1, 0.15) is 33.7 Å². The van der Waals surface area contributed by atoms with Gasteiger partial charge in [0.1, 0.15) is 5.69 Å². The van der Waals surface area contributed by atoms with Crippen molar-refractivity contribution in [3.05, 3.63) is 94.7 Å². The van der Waals surface area contributed by atoms with E-state index in [1.807, 2.05) is 49.5 Å². The minimum Gasteiger partial charge on any atom is -0.317 e. The predicted octanol–water partition coefficient (Wildman–Crippen LogP) is 4.43. The first-order valence-electron chi connectivity index (χ1n) is 8.21. The van der Waals surface area contributed by atoms with Gasteiger partial charge in [-0.3, -0.25) is 9.59 Å². The molecule has 3 rings (SSSR count). The van der Waals surface area contributed by atoms with E-state index >= 15 is 0 Å². The fraction of sp³-hybridized carbons (Fsp3) is 0.0952. The van der Waals surface area contributed by atoms with Crippen LogP contribution in [-0.2, 0) is 0 Å². The summed E-state index contributed by atoms with van der Waals surface area (Å²) in [6.07, 6.45) is 3.59. The molecule has 26 heavy (non-hydrogen) atoms. The smallest absolute Gasteiger partial charge is 0.255 e. The van der Waals surface area contributed by atoms with Crippen molar-refractivity contribution in [1.82, 2.24) is 0 Å². The molecule has 5 heteroatoms. The fourth-order valence-electron chi connectivity index (χ4n) is 2.59. The molecule has 1 heterocycles. The number of halogens is 1. The van der Waals surface area contributed by atoms with Gasteiger partial charge in [-0.15, -0.1) is 0 Å². The molecular formula is C21H18BrN2O2+. The van der Waals surface area contributed by atoms with Gasteiger partial charge in [0.25, 0.3) is 5.91 Å². The highest BCUT2D eigenvalue weighted by Gasteiger charge is 2.23. The van der Waals surface area contributed by atoms with Crippen LogP contribution in [0.15, 0.2) is 83.6 Å². The second-order valence-electron chi connectivity index (χ2n) is 5.91. The lowest BCUT2D eigenvalue weighted by atomic mass is 10.1. The van der Waals surface area contributed by atoms with Gasteiger partial charge in [-0.2, -0.15) is 4.57 Å². The van der Waals surface area contributed by atoms with Crippen molar-refractivity contribution in [2.45, 2.75) is 13.0 Å². The lowest BCUT2D eigenvalue weighted by molar-refractivity contribution is -0.704. The molecule has 0 fully saturated rings. The number of rotatable bonds is 5. The number of anilines is 1. The van der Waals surface area contributed by atoms with E-state index in [0.717, 1.165) is 4.47 Å². The zero-order chi connectivity index (χ0) is 18.5. The molecule has 2 aromatic carbocycles. The van der Waals surface area contributed by atoms with Crippen LogP contribution in [0.3, 0.4) is 0 Å². The van der Waals surface area contributed by atoms with E-state index < -0.39 is 0 Å². The van der Waals surface area contributed by atoms with Gasteiger partial charge in [-0.1, -0.05) is 46.3 Å². The minimum absolute atomic E-state index is 0.00837. The van der Waals surface area contributed by atoms with E-state index in [0.29, 0.717) is 16.8 Å². The summed E-state index contributed by atoms with van der Waals surface area (Å²) < 4.78 is 2.73. The second-order valence-corrected chi connectivity index (χ2v) is 6.82. The molecule has 1 N–H and O–H groups in total. The SMILES string of the molecule is C[C@H](C(=O)c1ccc(Br)cc1)[n+]1cccc(NC(=O)c2ccccc2)c1. The Hall–Kier alpha value is -2.79. The lowest BCUT2D eigenvalue weighted by Gasteiger charge is -2.09. The number of hydrogen-bond acceptors (Lipinski definition) is 2. The number of carbonyl (C=O) groups excluding carboxylic acids is 2. The average molecular weight is 410 g/mol. The molecule has 0 aliphatic rings. The summed E-state index contributed by atoms with van der Waals surface area (Å²) in [5, 5.41) is 2.86. The van der Waals surface area contributed by atoms with Gasteiger partial charge in [0.2, 0.25) is 11.8 Å². The Morgan fingerprint density at radius 3 is 2.31 bits per heavy atom. The molecule has 0 unspecified atom stereocenters. The molecule has 0 aliphatic heterocycles. The predicted molar refractivity (Wildman–Crippen MR) is 104 cm³/mol. The third-order valence-electron chi connectivity index (χ3n) is 4.07. The Kier molecular flexibility index (Phi) is 5.58. The average Bonchev–Trinajstić information content (AvgIpc) is 2.68. The maximum atomic E-state index is 12.7. The summed E-state index contributed by atoms with van der Waals surface area (Å²) in [5.41, 5.74) is 1.87. The Balaban J connectivity index is 1.77. The maximum Gasteiger partial charge on any atom is 0.255 e. The highest BCUT2D eigenvalue weighted by atomic mass is 79.9. The molecule has 0 bridgehead atoms. The molecule has 0 spiro atoms. The Labute approximate surface area is 160 Å². The number of hydrogen-bond donors (Lipinski definition) is 1. The molecule has 0 saturated carbocycles. The number of nitrogens with one attached hydrogen (secondary N) is 1. The van der Waals surface area contributed by atoms with Crippen LogP contribution in [0.4, 0.5) is 5.69 Å². The normalized spacial score (nSPS) is 11.6. The second kappa shape index (κ2) is 8.06. The van der Waals surface area contributed by atoms with Crippen LogP contribution in [0.2, 0.25) is 0 Å². The Morgan fingerprint density at radius 1 is 0.923 bits per heavy atom. The van der Waals surface area contributed by atoms with Crippen LogP contribution >= 0.6 is 15.9 Å². The molecule has 1 aromatic heterocycles. The largest absolute Gasteiger partial charge is 0.317 e. The van der Waals surface area contributed by atoms with Crippen molar-refractivity contribution in [2.75, 3.05) is 5.32 Å². The van der Waals surface area contributed by atoms with E-state index in [1.54, 1.807) is 41.1 Å². The molecule has 4 nitrogen and oxygen atoms in total. The Bertz CT molecular complexity index is 924. The van der Waals surface area contributed by atoms with Crippen molar-refractivity contribution >= 4 is 33.3 Å². The fourth-order valence-corrected chi connectivity index (χ4v) is 2.86. The minimum atomic E-state index is -0.384. The number of aromatic nitrogens is 1. The quantitative estimate of drug-likeness (QED) is 0.500. The number of carbonyl (C=O) groups is 2. The van der Waals surface area contributed by atoms with Crippen LogP contribution in [0.25, 0.3) is 0 Å². The number of ketones is 1. The zero-order valence-corrected chi connectivity index (χ0v) is 15.8. The van der Waals surface area contributed by atoms with Gasteiger partial charge in [0, 0.05) is 28.6 Å². The number of benzene rings is 2. The van der Waals surface area contributed by atoms with Crippen molar-refractivity contribution in [1.29, 1.82) is 0 Å². The lowest BCUT2D eigenvalue weighted by Crippen LogP contribution is -2.42. The van der Waals surface area contributed by atoms with Crippen LogP contribution < -0.4 is 9.88 Å². The van der Waals surface area contributed by atoms with Crippen molar-refractivity contribution in [3.8, 4) is 0 Å². The van der Waals surface area contributed by atoms with Gasteiger partial charge in [-0.25, -0.2) is 0 Å². The van der Waals surface area contributed by atoms with E-state index in [-0.39, 0.29) is 17.7 Å². The highest BCUT2D eigenvalue weighted by Crippen LogP contribution is 2.15. The summed E-state index contributed by atoms with van der Waals surface area (Å²) >= 11 is 3.37. The molecule has 1 amide bonds. The molecule has 0 aliphatic carbocycles. The number of nitrogens with zero attached hydrogens (tertiary/aromatic N) is 1. The number of Topliss-reactive ketones (excluding diaryl/α,β-unsaturated/α-hetero) is 1. The molecule has 0 saturated heterocycles. The summed E-state index contributed by atoms with van der Waals surface area (Å²) in [6.45, 7) is 1.84. The maximum absolute atomic E-state index is 12.7. The Morgan fingerprint density at radius 2 is 1.62 bits per heavy atom. The first-order chi connectivity index (χ1) is 12.5. The molecule has 3 aromatic rings. The first-order valence-corrected chi connectivity index (χ1v) is 9.01. The third-order valence-corrected chi connectivity index (χ3v) is 4.60. The van der Waals surface area contributed by atoms with Crippen molar-refractivity contribution in [2.24, 2.45) is 0 Å². The van der Waals surface area contributed by atoms with E-state index in [2.05, 4.69) is 21.2 Å². The summed E-state index contributed by atoms with van der Waals surface area (Å²) in [7, 11) is 0. The molecule has 0 radical (unpaired) electrons. The van der Waals surface area contributed by atoms with Gasteiger partial charge in [0.15, 0.2) is 12.4 Å². The summed E-state index contributed by atoms with van der Waals surface area (Å²) in [6, 6.07) is 19.5. The monoisotopic (exact) mass is 409 g/mol. The van der Waals surface area contributed by atoms with Gasteiger partial charge in [0.05, 0.1) is 0 Å². The van der Waals surface area contributed by atoms with Gasteiger partial charge in [-0.05, 0) is 30.3 Å². The van der Waals surface area contributed by atoms with E-state index in [9.17, 15) is 9.59 Å². The van der Waals surface area contributed by atoms with Crippen LogP contribution in [-0.4, -0.2) is 11.7 Å². The van der Waals surface area contributed by atoms with E-state index in [1.165, 1.54) is 0 Å². The summed E-state index contributed by atoms with van der Waals surface area (Å²) in [4.78, 5) is 25.0. The van der Waals surface area contributed by atoms with Crippen molar-refractivity contribution in [3.63, 3.8) is 0 Å².